The molecule has 0 saturated carbocycles. The van der Waals surface area contributed by atoms with Crippen molar-refractivity contribution >= 4 is 18.2 Å². The van der Waals surface area contributed by atoms with Crippen LogP contribution in [0.5, 0.6) is 11.5 Å². The molecule has 0 radical (unpaired) electrons. The normalized spacial score (nSPS) is 21.7. The molecule has 2 atom stereocenters. The van der Waals surface area contributed by atoms with E-state index in [0.717, 1.165) is 4.90 Å². The van der Waals surface area contributed by atoms with Gasteiger partial charge in [0.15, 0.2) is 5.54 Å². The van der Waals surface area contributed by atoms with Gasteiger partial charge in [0, 0.05) is 12.7 Å². The van der Waals surface area contributed by atoms with Gasteiger partial charge in [-0.1, -0.05) is 18.2 Å². The largest absolute Gasteiger partial charge is 0.461 e. The minimum atomic E-state index is -1.45. The molecule has 1 spiro atoms. The Kier molecular flexibility index (Phi) is 5.29. The standard InChI is InChI=1S/C23H23NO8/c1-22(2,3)32-21(27)24-20(26)29-13-23(24)16-12-15(10-11-17(16)31-19(23)28-4)30-18(25)14-8-6-5-7-9-14/h5-12,19H,13H2,1-4H3. The number of cyclic esters (lactones) is 1. The molecule has 2 amide bonds. The maximum atomic E-state index is 13.0. The first-order valence-corrected chi connectivity index (χ1v) is 9.97. The van der Waals surface area contributed by atoms with Crippen molar-refractivity contribution in [3.05, 3.63) is 59.7 Å². The number of carbonyl (C=O) groups excluding carboxylic acids is 3. The summed E-state index contributed by atoms with van der Waals surface area (Å²) in [6.45, 7) is 4.85. The summed E-state index contributed by atoms with van der Waals surface area (Å²) >= 11 is 0. The number of fused-ring (bicyclic) bond motifs is 2. The first kappa shape index (κ1) is 21.6. The smallest absolute Gasteiger partial charge is 0.420 e. The Hall–Kier alpha value is -3.59. The van der Waals surface area contributed by atoms with Crippen LogP contribution in [0.15, 0.2) is 48.5 Å². The molecular formula is C23H23NO8. The average molecular weight is 441 g/mol. The summed E-state index contributed by atoms with van der Waals surface area (Å²) in [5.41, 5.74) is -1.51. The molecule has 32 heavy (non-hydrogen) atoms. The van der Waals surface area contributed by atoms with Gasteiger partial charge in [-0.05, 0) is 51.1 Å². The maximum Gasteiger partial charge on any atom is 0.420 e. The molecule has 0 N–H and O–H groups in total. The Balaban J connectivity index is 1.72. The highest BCUT2D eigenvalue weighted by molar-refractivity contribution is 5.92. The molecule has 9 heteroatoms. The molecule has 2 aromatic rings. The molecule has 1 fully saturated rings. The minimum Gasteiger partial charge on any atom is -0.461 e. The van der Waals surface area contributed by atoms with Crippen LogP contribution in [0, 0.1) is 0 Å². The highest BCUT2D eigenvalue weighted by atomic mass is 16.7. The third-order valence-electron chi connectivity index (χ3n) is 5.05. The Morgan fingerprint density at radius 2 is 1.84 bits per heavy atom. The van der Waals surface area contributed by atoms with Crippen molar-refractivity contribution in [2.75, 3.05) is 13.7 Å². The van der Waals surface area contributed by atoms with Gasteiger partial charge in [-0.15, -0.1) is 0 Å². The SMILES string of the molecule is COC1Oc2ccc(OC(=O)c3ccccc3)cc2C12COC(=O)N2C(=O)OC(C)(C)C. The number of ether oxygens (including phenoxy) is 5. The van der Waals surface area contributed by atoms with Gasteiger partial charge in [0.05, 0.1) is 5.56 Å². The Bertz CT molecular complexity index is 1060. The molecule has 4 rings (SSSR count). The molecule has 2 aliphatic heterocycles. The zero-order valence-corrected chi connectivity index (χ0v) is 18.1. The molecule has 2 aromatic carbocycles. The number of methoxy groups -OCH3 is 1. The lowest BCUT2D eigenvalue weighted by molar-refractivity contribution is -0.120. The first-order chi connectivity index (χ1) is 15.2. The van der Waals surface area contributed by atoms with Gasteiger partial charge in [-0.2, -0.15) is 4.90 Å². The second kappa shape index (κ2) is 7.83. The first-order valence-electron chi connectivity index (χ1n) is 9.97. The van der Waals surface area contributed by atoms with E-state index in [4.69, 9.17) is 23.7 Å². The third-order valence-corrected chi connectivity index (χ3v) is 5.05. The molecule has 168 valence electrons. The average Bonchev–Trinajstić information content (AvgIpc) is 3.25. The van der Waals surface area contributed by atoms with Crippen LogP contribution in [0.1, 0.15) is 36.7 Å². The predicted octanol–water partition coefficient (Wildman–Crippen LogP) is 3.85. The molecule has 2 heterocycles. The number of benzene rings is 2. The number of rotatable bonds is 3. The highest BCUT2D eigenvalue weighted by Gasteiger charge is 2.64. The number of carbonyl (C=O) groups is 3. The van der Waals surface area contributed by atoms with Gasteiger partial charge in [-0.25, -0.2) is 14.4 Å². The van der Waals surface area contributed by atoms with Gasteiger partial charge < -0.3 is 23.7 Å². The molecule has 2 aliphatic rings. The number of imide groups is 1. The fourth-order valence-corrected chi connectivity index (χ4v) is 3.72. The fourth-order valence-electron chi connectivity index (χ4n) is 3.72. The predicted molar refractivity (Wildman–Crippen MR) is 110 cm³/mol. The second-order valence-corrected chi connectivity index (χ2v) is 8.39. The number of hydrogen-bond donors (Lipinski definition) is 0. The molecule has 0 aliphatic carbocycles. The van der Waals surface area contributed by atoms with E-state index in [-0.39, 0.29) is 12.4 Å². The van der Waals surface area contributed by atoms with Crippen LogP contribution in [0.4, 0.5) is 9.59 Å². The summed E-state index contributed by atoms with van der Waals surface area (Å²) in [6.07, 6.45) is -2.83. The van der Waals surface area contributed by atoms with Crippen LogP contribution in [0.3, 0.4) is 0 Å². The summed E-state index contributed by atoms with van der Waals surface area (Å²) in [6, 6.07) is 13.2. The van der Waals surface area contributed by atoms with Crippen LogP contribution in [0.25, 0.3) is 0 Å². The Morgan fingerprint density at radius 3 is 2.50 bits per heavy atom. The van der Waals surface area contributed by atoms with Crippen molar-refractivity contribution in [3.8, 4) is 11.5 Å². The van der Waals surface area contributed by atoms with E-state index in [9.17, 15) is 14.4 Å². The van der Waals surface area contributed by atoms with Crippen molar-refractivity contribution in [2.24, 2.45) is 0 Å². The lowest BCUT2D eigenvalue weighted by Gasteiger charge is -2.34. The molecular weight excluding hydrogens is 418 g/mol. The minimum absolute atomic E-state index is 0.209. The molecule has 0 bridgehead atoms. The zero-order chi connectivity index (χ0) is 23.1. The summed E-state index contributed by atoms with van der Waals surface area (Å²) in [5.74, 6) is 0.0218. The van der Waals surface area contributed by atoms with Gasteiger partial charge in [0.1, 0.15) is 23.7 Å². The van der Waals surface area contributed by atoms with Gasteiger partial charge in [0.2, 0.25) is 6.29 Å². The Morgan fingerprint density at radius 1 is 1.12 bits per heavy atom. The maximum absolute atomic E-state index is 13.0. The van der Waals surface area contributed by atoms with E-state index in [0.29, 0.717) is 16.9 Å². The van der Waals surface area contributed by atoms with Crippen LogP contribution in [-0.4, -0.2) is 48.7 Å². The number of nitrogens with zero attached hydrogens (tertiary/aromatic N) is 1. The van der Waals surface area contributed by atoms with Gasteiger partial charge in [-0.3, -0.25) is 0 Å². The van der Waals surface area contributed by atoms with E-state index in [1.165, 1.54) is 13.2 Å². The topological polar surface area (TPSA) is 101 Å². The van der Waals surface area contributed by atoms with Crippen LogP contribution < -0.4 is 9.47 Å². The van der Waals surface area contributed by atoms with Crippen molar-refractivity contribution < 1.29 is 38.1 Å². The quantitative estimate of drug-likeness (QED) is 0.523. The summed E-state index contributed by atoms with van der Waals surface area (Å²) in [5, 5.41) is 0. The van der Waals surface area contributed by atoms with Crippen molar-refractivity contribution in [3.63, 3.8) is 0 Å². The lowest BCUT2D eigenvalue weighted by atomic mass is 9.90. The van der Waals surface area contributed by atoms with Crippen molar-refractivity contribution in [2.45, 2.75) is 38.2 Å². The van der Waals surface area contributed by atoms with E-state index < -0.39 is 35.6 Å². The fraction of sp³-hybridized carbons (Fsp3) is 0.348. The van der Waals surface area contributed by atoms with Crippen molar-refractivity contribution in [1.29, 1.82) is 0 Å². The van der Waals surface area contributed by atoms with Crippen LogP contribution >= 0.6 is 0 Å². The molecule has 2 unspecified atom stereocenters. The lowest BCUT2D eigenvalue weighted by Crippen LogP contribution is -2.55. The van der Waals surface area contributed by atoms with E-state index in [2.05, 4.69) is 0 Å². The summed E-state index contributed by atoms with van der Waals surface area (Å²) < 4.78 is 27.5. The van der Waals surface area contributed by atoms with E-state index >= 15 is 0 Å². The van der Waals surface area contributed by atoms with Crippen LogP contribution in [-0.2, 0) is 19.7 Å². The monoisotopic (exact) mass is 441 g/mol. The highest BCUT2D eigenvalue weighted by Crippen LogP contribution is 2.50. The van der Waals surface area contributed by atoms with Crippen molar-refractivity contribution in [1.82, 2.24) is 4.90 Å². The van der Waals surface area contributed by atoms with Crippen LogP contribution in [0.2, 0.25) is 0 Å². The second-order valence-electron chi connectivity index (χ2n) is 8.39. The summed E-state index contributed by atoms with van der Waals surface area (Å²) in [4.78, 5) is 38.9. The molecule has 0 aromatic heterocycles. The number of hydrogen-bond acceptors (Lipinski definition) is 8. The van der Waals surface area contributed by atoms with Gasteiger partial charge in [0.25, 0.3) is 0 Å². The van der Waals surface area contributed by atoms with E-state index in [1.54, 1.807) is 63.2 Å². The summed E-state index contributed by atoms with van der Waals surface area (Å²) in [7, 11) is 1.39. The Labute approximate surface area is 184 Å². The zero-order valence-electron chi connectivity index (χ0n) is 18.1. The van der Waals surface area contributed by atoms with Gasteiger partial charge >= 0.3 is 18.2 Å². The number of amides is 2. The third kappa shape index (κ3) is 3.64. The number of esters is 1. The molecule has 1 saturated heterocycles. The van der Waals surface area contributed by atoms with E-state index in [1.807, 2.05) is 0 Å². The molecule has 9 nitrogen and oxygen atoms in total.